The Bertz CT molecular complexity index is 1370. The van der Waals surface area contributed by atoms with Crippen LogP contribution >= 0.6 is 0 Å². The van der Waals surface area contributed by atoms with E-state index in [4.69, 9.17) is 0 Å². The number of hydrazone groups is 1. The number of imidazole rings is 1. The van der Waals surface area contributed by atoms with Gasteiger partial charge in [0.1, 0.15) is 5.75 Å². The number of phenolic OH excluding ortho intramolecular Hbond substituents is 1. The maximum Gasteiger partial charge on any atom is 0.332 e. The van der Waals surface area contributed by atoms with Crippen LogP contribution in [0.3, 0.4) is 0 Å². The summed E-state index contributed by atoms with van der Waals surface area (Å²) in [5.74, 6) is 0.399. The molecule has 2 aromatic carbocycles. The van der Waals surface area contributed by atoms with Gasteiger partial charge in [-0.15, -0.1) is 0 Å². The van der Waals surface area contributed by atoms with Gasteiger partial charge in [0.2, 0.25) is 5.95 Å². The fourth-order valence-electron chi connectivity index (χ4n) is 3.21. The van der Waals surface area contributed by atoms with E-state index in [-0.39, 0.29) is 11.4 Å². The molecule has 4 aromatic rings. The Balaban J connectivity index is 1.83. The summed E-state index contributed by atoms with van der Waals surface area (Å²) in [6.07, 6.45) is 1.46. The highest BCUT2D eigenvalue weighted by Crippen LogP contribution is 2.18. The number of hydrogen-bond donors (Lipinski definition) is 2. The highest BCUT2D eigenvalue weighted by atomic mass is 16.3. The van der Waals surface area contributed by atoms with Gasteiger partial charge in [-0.25, -0.2) is 10.2 Å². The van der Waals surface area contributed by atoms with E-state index in [0.29, 0.717) is 23.6 Å². The molecule has 4 rings (SSSR count). The Labute approximate surface area is 171 Å². The van der Waals surface area contributed by atoms with Crippen molar-refractivity contribution in [1.82, 2.24) is 18.7 Å². The van der Waals surface area contributed by atoms with Gasteiger partial charge in [-0.05, 0) is 17.7 Å². The lowest BCUT2D eigenvalue weighted by atomic mass is 10.2. The van der Waals surface area contributed by atoms with Crippen LogP contribution in [-0.4, -0.2) is 30.0 Å². The lowest BCUT2D eigenvalue weighted by molar-refractivity contribution is 0.474. The molecule has 0 saturated heterocycles. The molecule has 2 N–H and O–H groups in total. The second-order valence-electron chi connectivity index (χ2n) is 6.81. The minimum absolute atomic E-state index is 0.0945. The number of benzene rings is 2. The van der Waals surface area contributed by atoms with Gasteiger partial charge >= 0.3 is 5.69 Å². The first-order chi connectivity index (χ1) is 14.5. The predicted molar refractivity (Wildman–Crippen MR) is 115 cm³/mol. The SMILES string of the molecule is Cn1c(=O)c2c(nc(N/N=C/c3ccccc3O)n2Cc2ccccc2)n(C)c1=O. The molecular weight excluding hydrogens is 384 g/mol. The van der Waals surface area contributed by atoms with E-state index >= 15 is 0 Å². The van der Waals surface area contributed by atoms with Gasteiger partial charge in [0.15, 0.2) is 11.2 Å². The van der Waals surface area contributed by atoms with Gasteiger partial charge in [0.25, 0.3) is 5.56 Å². The van der Waals surface area contributed by atoms with E-state index in [1.54, 1.807) is 35.9 Å². The predicted octanol–water partition coefficient (Wildman–Crippen LogP) is 1.63. The van der Waals surface area contributed by atoms with Crippen molar-refractivity contribution in [2.45, 2.75) is 6.54 Å². The number of phenols is 1. The van der Waals surface area contributed by atoms with Crippen molar-refractivity contribution in [3.63, 3.8) is 0 Å². The number of aromatic nitrogens is 4. The number of aromatic hydroxyl groups is 1. The van der Waals surface area contributed by atoms with E-state index in [1.807, 2.05) is 30.3 Å². The number of rotatable bonds is 5. The van der Waals surface area contributed by atoms with Gasteiger partial charge in [0.05, 0.1) is 12.8 Å². The van der Waals surface area contributed by atoms with Crippen molar-refractivity contribution < 1.29 is 5.11 Å². The number of nitrogens with zero attached hydrogens (tertiary/aromatic N) is 5. The molecule has 0 aliphatic rings. The molecule has 9 nitrogen and oxygen atoms in total. The van der Waals surface area contributed by atoms with Gasteiger partial charge in [-0.2, -0.15) is 10.1 Å². The zero-order chi connectivity index (χ0) is 21.3. The summed E-state index contributed by atoms with van der Waals surface area (Å²) in [5, 5.41) is 14.0. The molecule has 0 radical (unpaired) electrons. The lowest BCUT2D eigenvalue weighted by Crippen LogP contribution is -2.37. The number of hydrogen-bond acceptors (Lipinski definition) is 6. The molecule has 0 aliphatic heterocycles. The van der Waals surface area contributed by atoms with Crippen LogP contribution in [0.2, 0.25) is 0 Å². The Hall–Kier alpha value is -4.14. The fraction of sp³-hybridized carbons (Fsp3) is 0.143. The molecule has 0 amide bonds. The zero-order valence-electron chi connectivity index (χ0n) is 16.5. The van der Waals surface area contributed by atoms with E-state index in [1.165, 1.54) is 17.8 Å². The van der Waals surface area contributed by atoms with Crippen molar-refractivity contribution in [2.24, 2.45) is 19.2 Å². The Morgan fingerprint density at radius 2 is 1.73 bits per heavy atom. The average molecular weight is 404 g/mol. The smallest absolute Gasteiger partial charge is 0.332 e. The Kier molecular flexibility index (Phi) is 4.93. The van der Waals surface area contributed by atoms with Crippen LogP contribution in [0.1, 0.15) is 11.1 Å². The molecule has 0 bridgehead atoms. The summed E-state index contributed by atoms with van der Waals surface area (Å²) in [6, 6.07) is 16.4. The first-order valence-electron chi connectivity index (χ1n) is 9.24. The molecule has 0 unspecified atom stereocenters. The van der Waals surface area contributed by atoms with Crippen molar-refractivity contribution in [3.8, 4) is 5.75 Å². The second-order valence-corrected chi connectivity index (χ2v) is 6.81. The molecule has 9 heteroatoms. The van der Waals surface area contributed by atoms with E-state index < -0.39 is 11.2 Å². The zero-order valence-corrected chi connectivity index (χ0v) is 16.5. The first-order valence-corrected chi connectivity index (χ1v) is 9.24. The van der Waals surface area contributed by atoms with Crippen LogP contribution < -0.4 is 16.7 Å². The van der Waals surface area contributed by atoms with Gasteiger partial charge in [-0.3, -0.25) is 18.5 Å². The van der Waals surface area contributed by atoms with Crippen LogP contribution in [0.4, 0.5) is 5.95 Å². The highest BCUT2D eigenvalue weighted by Gasteiger charge is 2.19. The number of aryl methyl sites for hydroxylation is 1. The van der Waals surface area contributed by atoms with Crippen LogP contribution in [0.5, 0.6) is 5.75 Å². The monoisotopic (exact) mass is 404 g/mol. The van der Waals surface area contributed by atoms with Crippen molar-refractivity contribution in [1.29, 1.82) is 0 Å². The summed E-state index contributed by atoms with van der Waals surface area (Å²) in [4.78, 5) is 29.6. The summed E-state index contributed by atoms with van der Waals surface area (Å²) in [7, 11) is 3.01. The third kappa shape index (κ3) is 3.37. The van der Waals surface area contributed by atoms with Crippen molar-refractivity contribution in [3.05, 3.63) is 86.6 Å². The van der Waals surface area contributed by atoms with Crippen molar-refractivity contribution >= 4 is 23.3 Å². The number of para-hydroxylation sites is 1. The standard InChI is InChI=1S/C21H20N6O3/c1-25-18-17(19(29)26(2)21(25)30)27(13-14-8-4-3-5-9-14)20(23-18)24-22-12-15-10-6-7-11-16(15)28/h3-12,28H,13H2,1-2H3,(H,23,24)/b22-12+. The van der Waals surface area contributed by atoms with Gasteiger partial charge < -0.3 is 5.11 Å². The molecule has 2 aromatic heterocycles. The van der Waals surface area contributed by atoms with Crippen LogP contribution in [0.25, 0.3) is 11.2 Å². The third-order valence-electron chi connectivity index (χ3n) is 4.84. The summed E-state index contributed by atoms with van der Waals surface area (Å²) >= 11 is 0. The summed E-state index contributed by atoms with van der Waals surface area (Å²) in [5.41, 5.74) is 3.99. The molecule has 30 heavy (non-hydrogen) atoms. The minimum atomic E-state index is -0.457. The largest absolute Gasteiger partial charge is 0.507 e. The maximum atomic E-state index is 12.9. The molecule has 152 valence electrons. The van der Waals surface area contributed by atoms with E-state index in [2.05, 4.69) is 15.5 Å². The van der Waals surface area contributed by atoms with Gasteiger partial charge in [-0.1, -0.05) is 42.5 Å². The quantitative estimate of drug-likeness (QED) is 0.388. The van der Waals surface area contributed by atoms with Crippen molar-refractivity contribution in [2.75, 3.05) is 5.43 Å². The summed E-state index contributed by atoms with van der Waals surface area (Å²) in [6.45, 7) is 0.360. The normalized spacial score (nSPS) is 11.4. The number of fused-ring (bicyclic) bond motifs is 1. The minimum Gasteiger partial charge on any atom is -0.507 e. The molecular formula is C21H20N6O3. The highest BCUT2D eigenvalue weighted by molar-refractivity contribution is 5.84. The first kappa shape index (κ1) is 19.2. The maximum absolute atomic E-state index is 12.9. The van der Waals surface area contributed by atoms with E-state index in [9.17, 15) is 14.7 Å². The lowest BCUT2D eigenvalue weighted by Gasteiger charge is -2.09. The molecule has 0 fully saturated rings. The number of anilines is 1. The molecule has 0 saturated carbocycles. The average Bonchev–Trinajstić information content (AvgIpc) is 3.11. The Morgan fingerprint density at radius 3 is 2.47 bits per heavy atom. The fourth-order valence-corrected chi connectivity index (χ4v) is 3.21. The third-order valence-corrected chi connectivity index (χ3v) is 4.84. The molecule has 0 atom stereocenters. The summed E-state index contributed by atoms with van der Waals surface area (Å²) < 4.78 is 4.07. The molecule has 0 aliphatic carbocycles. The van der Waals surface area contributed by atoms with Gasteiger partial charge in [0, 0.05) is 19.7 Å². The van der Waals surface area contributed by atoms with Crippen LogP contribution in [0.15, 0.2) is 69.3 Å². The Morgan fingerprint density at radius 1 is 1.03 bits per heavy atom. The second kappa shape index (κ2) is 7.70. The molecule has 0 spiro atoms. The number of nitrogens with one attached hydrogen (secondary N) is 1. The molecule has 2 heterocycles. The van der Waals surface area contributed by atoms with Crippen LogP contribution in [-0.2, 0) is 20.6 Å². The topological polar surface area (TPSA) is 106 Å². The van der Waals surface area contributed by atoms with E-state index in [0.717, 1.165) is 10.1 Å². The van der Waals surface area contributed by atoms with Crippen LogP contribution in [0, 0.1) is 0 Å².